The fourth-order valence-corrected chi connectivity index (χ4v) is 4.13. The van der Waals surface area contributed by atoms with Gasteiger partial charge in [-0.05, 0) is 35.8 Å². The second kappa shape index (κ2) is 8.99. The molecule has 1 saturated heterocycles. The summed E-state index contributed by atoms with van der Waals surface area (Å²) in [5, 5.41) is 4.85. The maximum Gasteiger partial charge on any atom is 0.262 e. The van der Waals surface area contributed by atoms with Gasteiger partial charge in [-0.2, -0.15) is 0 Å². The van der Waals surface area contributed by atoms with Crippen LogP contribution in [0.4, 0.5) is 0 Å². The zero-order valence-corrected chi connectivity index (χ0v) is 16.0. The summed E-state index contributed by atoms with van der Waals surface area (Å²) in [6, 6.07) is 13.0. The first-order chi connectivity index (χ1) is 12.7. The molecule has 0 aliphatic carbocycles. The van der Waals surface area contributed by atoms with Gasteiger partial charge in [0.05, 0.1) is 4.88 Å². The van der Waals surface area contributed by atoms with E-state index in [1.54, 1.807) is 6.07 Å². The summed E-state index contributed by atoms with van der Waals surface area (Å²) in [6.45, 7) is 3.77. The highest BCUT2D eigenvalue weighted by Crippen LogP contribution is 2.20. The second-order valence-electron chi connectivity index (χ2n) is 6.89. The van der Waals surface area contributed by atoms with Crippen molar-refractivity contribution in [3.63, 3.8) is 0 Å². The number of carbonyl (C=O) groups is 2. The highest BCUT2D eigenvalue weighted by atomic mass is 32.1. The minimum absolute atomic E-state index is 0.0388. The van der Waals surface area contributed by atoms with Gasteiger partial charge < -0.3 is 10.2 Å². The molecule has 26 heavy (non-hydrogen) atoms. The molecule has 2 amide bonds. The Hall–Kier alpha value is -2.14. The standard InChI is InChI=1S/C21H26N2O2S/c1-2-16-10-6-12-23(15-16)21(25)18(14-17-8-4-3-5-9-17)22-20(24)19-11-7-13-26-19/h3-5,7-9,11,13,16,18H,2,6,10,12,14-15H2,1H3,(H,22,24). The van der Waals surface area contributed by atoms with Crippen molar-refractivity contribution in [1.82, 2.24) is 10.2 Å². The van der Waals surface area contributed by atoms with E-state index in [9.17, 15) is 9.59 Å². The van der Waals surface area contributed by atoms with Gasteiger partial charge in [-0.25, -0.2) is 0 Å². The van der Waals surface area contributed by atoms with Crippen molar-refractivity contribution in [1.29, 1.82) is 0 Å². The Morgan fingerprint density at radius 1 is 1.23 bits per heavy atom. The highest BCUT2D eigenvalue weighted by Gasteiger charge is 2.30. The molecule has 2 heterocycles. The zero-order valence-electron chi connectivity index (χ0n) is 15.2. The average Bonchev–Trinajstić information content (AvgIpc) is 3.23. The molecular weight excluding hydrogens is 344 g/mol. The smallest absolute Gasteiger partial charge is 0.262 e. The van der Waals surface area contributed by atoms with Crippen LogP contribution in [0.25, 0.3) is 0 Å². The number of piperidine rings is 1. The molecule has 5 heteroatoms. The Bertz CT molecular complexity index is 715. The Balaban J connectivity index is 1.75. The van der Waals surface area contributed by atoms with Crippen molar-refractivity contribution in [3.05, 3.63) is 58.3 Å². The first kappa shape index (κ1) is 18.6. The lowest BCUT2D eigenvalue weighted by Gasteiger charge is -2.35. The maximum absolute atomic E-state index is 13.2. The van der Waals surface area contributed by atoms with E-state index in [2.05, 4.69) is 12.2 Å². The average molecular weight is 371 g/mol. The number of rotatable bonds is 6. The van der Waals surface area contributed by atoms with E-state index < -0.39 is 6.04 Å². The number of nitrogens with one attached hydrogen (secondary N) is 1. The molecular formula is C21H26N2O2S. The van der Waals surface area contributed by atoms with Gasteiger partial charge in [-0.3, -0.25) is 9.59 Å². The lowest BCUT2D eigenvalue weighted by molar-refractivity contribution is -0.135. The molecule has 1 aromatic heterocycles. The predicted molar refractivity (Wildman–Crippen MR) is 105 cm³/mol. The van der Waals surface area contributed by atoms with E-state index >= 15 is 0 Å². The van der Waals surface area contributed by atoms with E-state index in [0.29, 0.717) is 17.2 Å². The summed E-state index contributed by atoms with van der Waals surface area (Å²) in [5.74, 6) is 0.438. The van der Waals surface area contributed by atoms with Crippen LogP contribution in [0.3, 0.4) is 0 Å². The van der Waals surface area contributed by atoms with Crippen molar-refractivity contribution in [2.24, 2.45) is 5.92 Å². The van der Waals surface area contributed by atoms with Crippen molar-refractivity contribution in [2.75, 3.05) is 13.1 Å². The molecule has 2 atom stereocenters. The van der Waals surface area contributed by atoms with Crippen molar-refractivity contribution < 1.29 is 9.59 Å². The molecule has 2 aromatic rings. The Kier molecular flexibility index (Phi) is 6.45. The summed E-state index contributed by atoms with van der Waals surface area (Å²) < 4.78 is 0. The summed E-state index contributed by atoms with van der Waals surface area (Å²) in [7, 11) is 0. The Labute approximate surface area is 159 Å². The lowest BCUT2D eigenvalue weighted by Crippen LogP contribution is -2.52. The van der Waals surface area contributed by atoms with Crippen LogP contribution in [0.15, 0.2) is 47.8 Å². The summed E-state index contributed by atoms with van der Waals surface area (Å²) >= 11 is 1.39. The first-order valence-corrected chi connectivity index (χ1v) is 10.2. The minimum Gasteiger partial charge on any atom is -0.341 e. The number of thiophene rings is 1. The number of amides is 2. The van der Waals surface area contributed by atoms with Gasteiger partial charge in [-0.15, -0.1) is 11.3 Å². The van der Waals surface area contributed by atoms with E-state index in [-0.39, 0.29) is 11.8 Å². The number of nitrogens with zero attached hydrogens (tertiary/aromatic N) is 1. The predicted octanol–water partition coefficient (Wildman–Crippen LogP) is 3.74. The molecule has 0 bridgehead atoms. The first-order valence-electron chi connectivity index (χ1n) is 9.34. The molecule has 0 spiro atoms. The topological polar surface area (TPSA) is 49.4 Å². The number of likely N-dealkylation sites (tertiary alicyclic amines) is 1. The quantitative estimate of drug-likeness (QED) is 0.842. The molecule has 4 nitrogen and oxygen atoms in total. The molecule has 0 radical (unpaired) electrons. The number of benzene rings is 1. The normalized spacial score (nSPS) is 18.3. The number of hydrogen-bond acceptors (Lipinski definition) is 3. The fraction of sp³-hybridized carbons (Fsp3) is 0.429. The third-order valence-electron chi connectivity index (χ3n) is 5.04. The molecule has 1 aliphatic rings. The van der Waals surface area contributed by atoms with Crippen molar-refractivity contribution in [3.8, 4) is 0 Å². The lowest BCUT2D eigenvalue weighted by atomic mass is 9.94. The van der Waals surface area contributed by atoms with Gasteiger partial charge in [-0.1, -0.05) is 49.7 Å². The summed E-state index contributed by atoms with van der Waals surface area (Å²) in [6.07, 6.45) is 3.84. The van der Waals surface area contributed by atoms with Crippen LogP contribution >= 0.6 is 11.3 Å². The fourth-order valence-electron chi connectivity index (χ4n) is 3.51. The van der Waals surface area contributed by atoms with Crippen LogP contribution in [0.1, 0.15) is 41.4 Å². The van der Waals surface area contributed by atoms with E-state index in [0.717, 1.165) is 31.5 Å². The summed E-state index contributed by atoms with van der Waals surface area (Å²) in [4.78, 5) is 28.3. The molecule has 1 aliphatic heterocycles. The molecule has 1 N–H and O–H groups in total. The molecule has 3 rings (SSSR count). The van der Waals surface area contributed by atoms with E-state index in [4.69, 9.17) is 0 Å². The largest absolute Gasteiger partial charge is 0.341 e. The van der Waals surface area contributed by atoms with Crippen molar-refractivity contribution in [2.45, 2.75) is 38.6 Å². The van der Waals surface area contributed by atoms with Crippen LogP contribution in [0, 0.1) is 5.92 Å². The van der Waals surface area contributed by atoms with Gasteiger partial charge in [0.2, 0.25) is 5.91 Å². The zero-order chi connectivity index (χ0) is 18.4. The minimum atomic E-state index is -0.525. The molecule has 1 fully saturated rings. The van der Waals surface area contributed by atoms with Crippen LogP contribution in [-0.2, 0) is 11.2 Å². The maximum atomic E-state index is 13.2. The monoisotopic (exact) mass is 370 g/mol. The van der Waals surface area contributed by atoms with E-state index in [1.165, 1.54) is 17.8 Å². The number of carbonyl (C=O) groups excluding carboxylic acids is 2. The van der Waals surface area contributed by atoms with Crippen LogP contribution in [0.2, 0.25) is 0 Å². The van der Waals surface area contributed by atoms with Gasteiger partial charge in [0, 0.05) is 19.5 Å². The van der Waals surface area contributed by atoms with E-state index in [1.807, 2.05) is 46.7 Å². The van der Waals surface area contributed by atoms with Crippen LogP contribution in [0.5, 0.6) is 0 Å². The summed E-state index contributed by atoms with van der Waals surface area (Å²) in [5.41, 5.74) is 1.06. The van der Waals surface area contributed by atoms with Gasteiger partial charge in [0.15, 0.2) is 0 Å². The van der Waals surface area contributed by atoms with Crippen LogP contribution in [-0.4, -0.2) is 35.8 Å². The third-order valence-corrected chi connectivity index (χ3v) is 5.91. The molecule has 2 unspecified atom stereocenters. The third kappa shape index (κ3) is 4.73. The molecule has 138 valence electrons. The molecule has 0 saturated carbocycles. The van der Waals surface area contributed by atoms with Gasteiger partial charge >= 0.3 is 0 Å². The second-order valence-corrected chi connectivity index (χ2v) is 7.84. The molecule has 1 aromatic carbocycles. The number of hydrogen-bond donors (Lipinski definition) is 1. The van der Waals surface area contributed by atoms with Crippen molar-refractivity contribution >= 4 is 23.2 Å². The van der Waals surface area contributed by atoms with Gasteiger partial charge in [0.25, 0.3) is 5.91 Å². The SMILES string of the molecule is CCC1CCCN(C(=O)C(Cc2ccccc2)NC(=O)c2cccs2)C1. The van der Waals surface area contributed by atoms with Crippen LogP contribution < -0.4 is 5.32 Å². The van der Waals surface area contributed by atoms with Gasteiger partial charge in [0.1, 0.15) is 6.04 Å². The highest BCUT2D eigenvalue weighted by molar-refractivity contribution is 7.12. The Morgan fingerprint density at radius 2 is 2.04 bits per heavy atom. The Morgan fingerprint density at radius 3 is 2.73 bits per heavy atom.